The van der Waals surface area contributed by atoms with Gasteiger partial charge < -0.3 is 10.1 Å². The zero-order valence-corrected chi connectivity index (χ0v) is 18.2. The Morgan fingerprint density at radius 3 is 2.77 bits per heavy atom. The molecule has 0 saturated carbocycles. The number of thiophene rings is 1. The minimum atomic E-state index is 0.0102. The van der Waals surface area contributed by atoms with Gasteiger partial charge in [-0.3, -0.25) is 4.79 Å². The van der Waals surface area contributed by atoms with Crippen LogP contribution in [0.5, 0.6) is 5.75 Å². The Morgan fingerprint density at radius 1 is 1.31 bits per heavy atom. The number of hydrogen-bond acceptors (Lipinski definition) is 3. The van der Waals surface area contributed by atoms with E-state index in [0.717, 1.165) is 39.2 Å². The highest BCUT2D eigenvalue weighted by Gasteiger charge is 2.31. The second kappa shape index (κ2) is 7.73. The van der Waals surface area contributed by atoms with Crippen molar-refractivity contribution >= 4 is 33.2 Å². The molecule has 0 spiro atoms. The molecular weight excluding hydrogens is 410 g/mol. The number of para-hydroxylation sites is 1. The summed E-state index contributed by atoms with van der Waals surface area (Å²) in [6, 6.07) is 7.88. The van der Waals surface area contributed by atoms with Gasteiger partial charge in [0.1, 0.15) is 5.75 Å². The van der Waals surface area contributed by atoms with Crippen molar-refractivity contribution in [1.82, 2.24) is 5.32 Å². The molecule has 3 rings (SSSR count). The van der Waals surface area contributed by atoms with Crippen LogP contribution in [0.4, 0.5) is 0 Å². The predicted molar refractivity (Wildman–Crippen MR) is 111 cm³/mol. The van der Waals surface area contributed by atoms with Gasteiger partial charge in [-0.05, 0) is 71.6 Å². The third-order valence-electron chi connectivity index (χ3n) is 4.76. The molecule has 0 aliphatic heterocycles. The number of amides is 1. The maximum Gasteiger partial charge on any atom is 0.261 e. The van der Waals surface area contributed by atoms with Crippen molar-refractivity contribution < 1.29 is 9.53 Å². The molecule has 1 aliphatic rings. The zero-order chi connectivity index (χ0) is 18.9. The third kappa shape index (κ3) is 4.32. The van der Waals surface area contributed by atoms with E-state index >= 15 is 0 Å². The number of fused-ring (bicyclic) bond motifs is 1. The smallest absolute Gasteiger partial charge is 0.261 e. The van der Waals surface area contributed by atoms with Gasteiger partial charge in [-0.25, -0.2) is 0 Å². The van der Waals surface area contributed by atoms with Crippen molar-refractivity contribution in [3.63, 3.8) is 0 Å². The van der Waals surface area contributed by atoms with E-state index in [1.165, 1.54) is 11.1 Å². The van der Waals surface area contributed by atoms with Gasteiger partial charge in [-0.15, -0.1) is 11.3 Å². The van der Waals surface area contributed by atoms with Gasteiger partial charge in [-0.1, -0.05) is 32.0 Å². The van der Waals surface area contributed by atoms with Crippen molar-refractivity contribution in [2.45, 2.75) is 59.6 Å². The summed E-state index contributed by atoms with van der Waals surface area (Å²) in [7, 11) is 0. The summed E-state index contributed by atoms with van der Waals surface area (Å²) in [5.74, 6) is 0.843. The Morgan fingerprint density at radius 2 is 2.04 bits per heavy atom. The van der Waals surface area contributed by atoms with Crippen LogP contribution in [0.2, 0.25) is 0 Å². The second-order valence-electron chi connectivity index (χ2n) is 7.96. The fourth-order valence-electron chi connectivity index (χ4n) is 3.40. The average molecular weight is 436 g/mol. The van der Waals surface area contributed by atoms with Crippen LogP contribution in [-0.2, 0) is 19.4 Å². The number of hydrogen-bond donors (Lipinski definition) is 1. The van der Waals surface area contributed by atoms with Crippen molar-refractivity contribution in [3.05, 3.63) is 49.6 Å². The average Bonchev–Trinajstić information content (AvgIpc) is 2.88. The summed E-state index contributed by atoms with van der Waals surface area (Å²) < 4.78 is 6.95. The molecule has 2 aromatic rings. The number of ether oxygens (including phenoxy) is 1. The number of halogens is 1. The van der Waals surface area contributed by atoms with Gasteiger partial charge in [0.05, 0.1) is 14.8 Å². The largest absolute Gasteiger partial charge is 0.491 e. The maximum absolute atomic E-state index is 12.8. The lowest BCUT2D eigenvalue weighted by atomic mass is 9.75. The van der Waals surface area contributed by atoms with E-state index in [4.69, 9.17) is 4.74 Å². The number of benzene rings is 1. The van der Waals surface area contributed by atoms with E-state index in [2.05, 4.69) is 35.1 Å². The van der Waals surface area contributed by atoms with E-state index < -0.39 is 0 Å². The van der Waals surface area contributed by atoms with Gasteiger partial charge in [0.15, 0.2) is 0 Å². The Kier molecular flexibility index (Phi) is 5.78. The first-order chi connectivity index (χ1) is 12.3. The van der Waals surface area contributed by atoms with Gasteiger partial charge in [0, 0.05) is 12.1 Å². The fourth-order valence-corrected chi connectivity index (χ4v) is 5.27. The third-order valence-corrected chi connectivity index (χ3v) is 6.78. The van der Waals surface area contributed by atoms with Gasteiger partial charge in [0.25, 0.3) is 5.91 Å². The van der Waals surface area contributed by atoms with Crippen LogP contribution in [0.25, 0.3) is 0 Å². The van der Waals surface area contributed by atoms with Crippen molar-refractivity contribution in [2.24, 2.45) is 5.41 Å². The number of carbonyl (C=O) groups is 1. The lowest BCUT2D eigenvalue weighted by Gasteiger charge is -2.30. The minimum absolute atomic E-state index is 0.0102. The van der Waals surface area contributed by atoms with Crippen LogP contribution in [0.1, 0.15) is 60.5 Å². The molecule has 0 atom stereocenters. The Labute approximate surface area is 168 Å². The molecule has 1 aromatic heterocycles. The molecule has 1 heterocycles. The molecule has 1 aromatic carbocycles. The molecule has 0 fully saturated rings. The van der Waals surface area contributed by atoms with Gasteiger partial charge >= 0.3 is 0 Å². The summed E-state index contributed by atoms with van der Waals surface area (Å²) in [5.41, 5.74) is 3.85. The number of carbonyl (C=O) groups excluding carboxylic acids is 1. The van der Waals surface area contributed by atoms with Crippen molar-refractivity contribution in [2.75, 3.05) is 0 Å². The molecule has 0 radical (unpaired) electrons. The van der Waals surface area contributed by atoms with Crippen LogP contribution in [0.15, 0.2) is 28.1 Å². The Bertz CT molecular complexity index is 810. The summed E-state index contributed by atoms with van der Waals surface area (Å²) in [6.45, 7) is 9.08. The first kappa shape index (κ1) is 19.4. The first-order valence-electron chi connectivity index (χ1n) is 9.09. The van der Waals surface area contributed by atoms with Crippen LogP contribution in [-0.4, -0.2) is 12.0 Å². The van der Waals surface area contributed by atoms with E-state index in [1.54, 1.807) is 11.3 Å². The van der Waals surface area contributed by atoms with Crippen LogP contribution in [0, 0.1) is 5.41 Å². The summed E-state index contributed by atoms with van der Waals surface area (Å²) in [4.78, 5) is 13.7. The van der Waals surface area contributed by atoms with Crippen LogP contribution >= 0.6 is 27.3 Å². The molecule has 26 heavy (non-hydrogen) atoms. The monoisotopic (exact) mass is 435 g/mol. The SMILES string of the molecule is CC(C)Oc1ccccc1CNC(=O)c1sc(Br)c2c1CCC(C)(C)C2. The van der Waals surface area contributed by atoms with Gasteiger partial charge in [0.2, 0.25) is 0 Å². The summed E-state index contributed by atoms with van der Waals surface area (Å²) in [5, 5.41) is 3.08. The van der Waals surface area contributed by atoms with E-state index in [1.807, 2.05) is 38.1 Å². The molecule has 5 heteroatoms. The Balaban J connectivity index is 1.75. The van der Waals surface area contributed by atoms with Crippen LogP contribution < -0.4 is 10.1 Å². The van der Waals surface area contributed by atoms with Crippen LogP contribution in [0.3, 0.4) is 0 Å². The standard InChI is InChI=1S/C21H26BrNO2S/c1-13(2)25-17-8-6-5-7-14(17)12-23-20(24)18-15-9-10-21(3,4)11-16(15)19(22)26-18/h5-8,13H,9-12H2,1-4H3,(H,23,24). The molecular formula is C21H26BrNO2S. The van der Waals surface area contributed by atoms with Crippen molar-refractivity contribution in [1.29, 1.82) is 0 Å². The normalized spacial score (nSPS) is 15.6. The Hall–Kier alpha value is -1.33. The van der Waals surface area contributed by atoms with E-state index in [-0.39, 0.29) is 12.0 Å². The molecule has 1 N–H and O–H groups in total. The minimum Gasteiger partial charge on any atom is -0.491 e. The topological polar surface area (TPSA) is 38.3 Å². The summed E-state index contributed by atoms with van der Waals surface area (Å²) in [6.07, 6.45) is 3.22. The quantitative estimate of drug-likeness (QED) is 0.649. The summed E-state index contributed by atoms with van der Waals surface area (Å²) >= 11 is 5.24. The number of nitrogens with one attached hydrogen (secondary N) is 1. The molecule has 0 bridgehead atoms. The lowest BCUT2D eigenvalue weighted by Crippen LogP contribution is -2.26. The molecule has 1 aliphatic carbocycles. The zero-order valence-electron chi connectivity index (χ0n) is 15.8. The van der Waals surface area contributed by atoms with E-state index in [0.29, 0.717) is 12.0 Å². The first-order valence-corrected chi connectivity index (χ1v) is 10.7. The highest BCUT2D eigenvalue weighted by Crippen LogP contribution is 2.43. The predicted octanol–water partition coefficient (Wildman–Crippen LogP) is 5.74. The van der Waals surface area contributed by atoms with Crippen molar-refractivity contribution in [3.8, 4) is 5.75 Å². The fraction of sp³-hybridized carbons (Fsp3) is 0.476. The molecule has 0 saturated heterocycles. The lowest BCUT2D eigenvalue weighted by molar-refractivity contribution is 0.0953. The van der Waals surface area contributed by atoms with E-state index in [9.17, 15) is 4.79 Å². The van der Waals surface area contributed by atoms with Gasteiger partial charge in [-0.2, -0.15) is 0 Å². The molecule has 0 unspecified atom stereocenters. The highest BCUT2D eigenvalue weighted by molar-refractivity contribution is 9.11. The second-order valence-corrected chi connectivity index (χ2v) is 10.3. The number of rotatable bonds is 5. The highest BCUT2D eigenvalue weighted by atomic mass is 79.9. The maximum atomic E-state index is 12.8. The molecule has 1 amide bonds. The molecule has 140 valence electrons. The molecule has 3 nitrogen and oxygen atoms in total.